The van der Waals surface area contributed by atoms with E-state index in [0.29, 0.717) is 18.6 Å². The van der Waals surface area contributed by atoms with Gasteiger partial charge in [-0.3, -0.25) is 9.59 Å². The van der Waals surface area contributed by atoms with Gasteiger partial charge in [-0.2, -0.15) is 11.3 Å². The van der Waals surface area contributed by atoms with E-state index in [0.717, 1.165) is 19.3 Å². The lowest BCUT2D eigenvalue weighted by Crippen LogP contribution is -2.47. The Labute approximate surface area is 140 Å². The maximum atomic E-state index is 12.2. The van der Waals surface area contributed by atoms with Crippen LogP contribution in [0.15, 0.2) is 53.2 Å². The summed E-state index contributed by atoms with van der Waals surface area (Å²) in [7, 11) is 0. The van der Waals surface area contributed by atoms with Crippen molar-refractivity contribution < 1.29 is 14.3 Å². The van der Waals surface area contributed by atoms with Crippen molar-refractivity contribution in [2.45, 2.75) is 32.1 Å². The molecular weight excluding hydrogens is 310 g/mol. The number of rotatable bonds is 3. The molecule has 1 aliphatic rings. The van der Waals surface area contributed by atoms with Gasteiger partial charge in [-0.1, -0.05) is 49.6 Å². The summed E-state index contributed by atoms with van der Waals surface area (Å²) < 4.78 is 5.28. The van der Waals surface area contributed by atoms with Gasteiger partial charge in [0.05, 0.1) is 0 Å². The summed E-state index contributed by atoms with van der Waals surface area (Å²) in [5.74, 6) is -0.627. The molecule has 4 nitrogen and oxygen atoms in total. The van der Waals surface area contributed by atoms with Gasteiger partial charge in [0.2, 0.25) is 5.91 Å². The highest BCUT2D eigenvalue weighted by Crippen LogP contribution is 2.37. The number of ether oxygens (including phenoxy) is 1. The largest absolute Gasteiger partial charge is 0.426 e. The lowest BCUT2D eigenvalue weighted by atomic mass is 9.73. The quantitative estimate of drug-likeness (QED) is 0.529. The second kappa shape index (κ2) is 8.48. The van der Waals surface area contributed by atoms with E-state index >= 15 is 0 Å². The number of thiophene rings is 1. The van der Waals surface area contributed by atoms with Crippen molar-refractivity contribution in [1.82, 2.24) is 0 Å². The van der Waals surface area contributed by atoms with Crippen LogP contribution >= 0.6 is 11.3 Å². The van der Waals surface area contributed by atoms with Gasteiger partial charge in [-0.25, -0.2) is 0 Å². The first kappa shape index (κ1) is 17.2. The summed E-state index contributed by atoms with van der Waals surface area (Å²) in [5, 5.41) is 4.08. The molecule has 0 radical (unpaired) electrons. The molecule has 0 spiro atoms. The number of carbonyl (C=O) groups excluding carboxylic acids is 2. The Morgan fingerprint density at radius 2 is 1.57 bits per heavy atom. The molecular formula is C18H21NO3S. The van der Waals surface area contributed by atoms with E-state index in [1.807, 2.05) is 29.0 Å². The Morgan fingerprint density at radius 3 is 2.04 bits per heavy atom. The molecule has 3 rings (SSSR count). The van der Waals surface area contributed by atoms with Gasteiger partial charge in [0, 0.05) is 0 Å². The maximum absolute atomic E-state index is 12.2. The van der Waals surface area contributed by atoms with E-state index in [4.69, 9.17) is 10.5 Å². The molecule has 0 unspecified atom stereocenters. The first-order valence-corrected chi connectivity index (χ1v) is 8.64. The van der Waals surface area contributed by atoms with Crippen LogP contribution < -0.4 is 10.5 Å². The summed E-state index contributed by atoms with van der Waals surface area (Å²) in [6.07, 6.45) is 3.70. The topological polar surface area (TPSA) is 69.4 Å². The number of amides is 1. The summed E-state index contributed by atoms with van der Waals surface area (Å²) in [4.78, 5) is 23.8. The number of esters is 1. The Morgan fingerprint density at radius 1 is 0.957 bits per heavy atom. The van der Waals surface area contributed by atoms with Crippen molar-refractivity contribution in [2.75, 3.05) is 0 Å². The van der Waals surface area contributed by atoms with E-state index < -0.39 is 17.3 Å². The average Bonchev–Trinajstić information content (AvgIpc) is 3.16. The van der Waals surface area contributed by atoms with Crippen LogP contribution in [0.3, 0.4) is 0 Å². The number of hydrogen-bond donors (Lipinski definition) is 1. The summed E-state index contributed by atoms with van der Waals surface area (Å²) in [5.41, 5.74) is 4.29. The SMILES string of the molecule is NC(=O)C1(C(=O)Oc2ccccc2)CCCCC1.c1ccsc1. The Hall–Kier alpha value is -2.14. The lowest BCUT2D eigenvalue weighted by Gasteiger charge is -2.31. The Bertz CT molecular complexity index is 587. The van der Waals surface area contributed by atoms with Crippen LogP contribution in [0.1, 0.15) is 32.1 Å². The first-order valence-electron chi connectivity index (χ1n) is 7.69. The van der Waals surface area contributed by atoms with Gasteiger partial charge in [0.25, 0.3) is 0 Å². The third-order valence-electron chi connectivity index (χ3n) is 3.95. The van der Waals surface area contributed by atoms with Crippen LogP contribution in [-0.2, 0) is 9.59 Å². The van der Waals surface area contributed by atoms with Crippen LogP contribution in [0.25, 0.3) is 0 Å². The van der Waals surface area contributed by atoms with Crippen LogP contribution in [0.4, 0.5) is 0 Å². The Balaban J connectivity index is 0.000000326. The van der Waals surface area contributed by atoms with Crippen LogP contribution in [-0.4, -0.2) is 11.9 Å². The zero-order chi connectivity index (χ0) is 16.5. The molecule has 2 aromatic rings. The highest BCUT2D eigenvalue weighted by atomic mass is 32.1. The van der Waals surface area contributed by atoms with E-state index in [2.05, 4.69) is 0 Å². The van der Waals surface area contributed by atoms with E-state index in [9.17, 15) is 9.59 Å². The predicted octanol–water partition coefficient (Wildman–Crippen LogP) is 3.78. The summed E-state index contributed by atoms with van der Waals surface area (Å²) in [6.45, 7) is 0. The maximum Gasteiger partial charge on any atom is 0.327 e. The molecule has 1 aliphatic carbocycles. The number of hydrogen-bond acceptors (Lipinski definition) is 4. The van der Waals surface area contributed by atoms with Crippen molar-refractivity contribution >= 4 is 23.2 Å². The van der Waals surface area contributed by atoms with Crippen LogP contribution in [0.5, 0.6) is 5.75 Å². The summed E-state index contributed by atoms with van der Waals surface area (Å²) in [6, 6.07) is 12.8. The normalized spacial score (nSPS) is 15.8. The average molecular weight is 331 g/mol. The number of carbonyl (C=O) groups is 2. The summed E-state index contributed by atoms with van der Waals surface area (Å²) >= 11 is 1.71. The number of primary amides is 1. The van der Waals surface area contributed by atoms with Crippen molar-refractivity contribution in [1.29, 1.82) is 0 Å². The van der Waals surface area contributed by atoms with Gasteiger partial charge in [-0.05, 0) is 35.7 Å². The van der Waals surface area contributed by atoms with Crippen LogP contribution in [0.2, 0.25) is 0 Å². The standard InChI is InChI=1S/C14H17NO3.C4H4S/c15-12(16)14(9-5-2-6-10-14)13(17)18-11-7-3-1-4-8-11;1-2-4-5-3-1/h1,3-4,7-8H,2,5-6,9-10H2,(H2,15,16);1-4H. The molecule has 2 N–H and O–H groups in total. The molecule has 122 valence electrons. The molecule has 1 aromatic carbocycles. The van der Waals surface area contributed by atoms with Gasteiger partial charge in [0.1, 0.15) is 11.2 Å². The fourth-order valence-corrected chi connectivity index (χ4v) is 3.08. The Kier molecular flexibility index (Phi) is 6.35. The minimum atomic E-state index is -1.13. The van der Waals surface area contributed by atoms with Crippen molar-refractivity contribution in [2.24, 2.45) is 11.1 Å². The molecule has 1 amide bonds. The highest BCUT2D eigenvalue weighted by Gasteiger charge is 2.46. The van der Waals surface area contributed by atoms with Crippen molar-refractivity contribution in [3.8, 4) is 5.75 Å². The highest BCUT2D eigenvalue weighted by molar-refractivity contribution is 7.07. The van der Waals surface area contributed by atoms with E-state index in [1.54, 1.807) is 35.6 Å². The zero-order valence-electron chi connectivity index (χ0n) is 12.9. The zero-order valence-corrected chi connectivity index (χ0v) is 13.8. The third kappa shape index (κ3) is 4.66. The molecule has 0 atom stereocenters. The molecule has 0 saturated heterocycles. The molecule has 0 aliphatic heterocycles. The van der Waals surface area contributed by atoms with Crippen molar-refractivity contribution in [3.05, 3.63) is 53.2 Å². The van der Waals surface area contributed by atoms with Gasteiger partial charge in [0.15, 0.2) is 0 Å². The predicted molar refractivity (Wildman–Crippen MR) is 91.1 cm³/mol. The van der Waals surface area contributed by atoms with Gasteiger partial charge < -0.3 is 10.5 Å². The van der Waals surface area contributed by atoms with Gasteiger partial charge >= 0.3 is 5.97 Å². The molecule has 23 heavy (non-hydrogen) atoms. The second-order valence-corrected chi connectivity index (χ2v) is 6.32. The molecule has 1 fully saturated rings. The number of nitrogens with two attached hydrogens (primary N) is 1. The molecule has 1 aromatic heterocycles. The fraction of sp³-hybridized carbons (Fsp3) is 0.333. The second-order valence-electron chi connectivity index (χ2n) is 5.50. The molecule has 1 heterocycles. The van der Waals surface area contributed by atoms with Crippen LogP contribution in [0, 0.1) is 5.41 Å². The first-order chi connectivity index (χ1) is 11.1. The van der Waals surface area contributed by atoms with E-state index in [1.165, 1.54) is 0 Å². The monoisotopic (exact) mass is 331 g/mol. The molecule has 1 saturated carbocycles. The van der Waals surface area contributed by atoms with Gasteiger partial charge in [-0.15, -0.1) is 0 Å². The lowest BCUT2D eigenvalue weighted by molar-refractivity contribution is -0.154. The third-order valence-corrected chi connectivity index (χ3v) is 4.58. The van der Waals surface area contributed by atoms with E-state index in [-0.39, 0.29) is 0 Å². The minimum absolute atomic E-state index is 0.452. The smallest absolute Gasteiger partial charge is 0.327 e. The number of benzene rings is 1. The van der Waals surface area contributed by atoms with Crippen molar-refractivity contribution in [3.63, 3.8) is 0 Å². The number of para-hydroxylation sites is 1. The minimum Gasteiger partial charge on any atom is -0.426 e. The molecule has 0 bridgehead atoms. The molecule has 5 heteroatoms. The fourth-order valence-electron chi connectivity index (χ4n) is 2.63.